The monoisotopic (exact) mass is 433 g/mol. The highest BCUT2D eigenvalue weighted by Gasteiger charge is 2.30. The van der Waals surface area contributed by atoms with Crippen LogP contribution in [0.3, 0.4) is 0 Å². The van der Waals surface area contributed by atoms with Crippen LogP contribution in [0.15, 0.2) is 48.7 Å². The van der Waals surface area contributed by atoms with Gasteiger partial charge in [-0.25, -0.2) is 9.37 Å². The number of benzene rings is 2. The normalized spacial score (nSPS) is 14.8. The molecule has 2 aromatic carbocycles. The molecule has 7 heteroatoms. The molecule has 0 spiro atoms. The van der Waals surface area contributed by atoms with Gasteiger partial charge in [0.25, 0.3) is 0 Å². The minimum atomic E-state index is -0.364. The van der Waals surface area contributed by atoms with E-state index >= 15 is 0 Å². The predicted octanol–water partition coefficient (Wildman–Crippen LogP) is 4.04. The molecule has 1 aliphatic rings. The second-order valence-electron chi connectivity index (χ2n) is 7.64. The molecule has 0 aliphatic carbocycles. The van der Waals surface area contributed by atoms with E-state index in [4.69, 9.17) is 9.47 Å². The molecule has 0 bridgehead atoms. The van der Waals surface area contributed by atoms with Crippen LogP contribution < -0.4 is 14.8 Å². The zero-order valence-corrected chi connectivity index (χ0v) is 18.2. The van der Waals surface area contributed by atoms with Crippen LogP contribution in [-0.2, 0) is 11.2 Å². The lowest BCUT2D eigenvalue weighted by Gasteiger charge is -2.13. The van der Waals surface area contributed by atoms with Crippen LogP contribution in [-0.4, -0.2) is 35.6 Å². The number of halogens is 1. The Balaban J connectivity index is 1.43. The van der Waals surface area contributed by atoms with E-state index in [1.165, 1.54) is 12.1 Å². The summed E-state index contributed by atoms with van der Waals surface area (Å²) in [6.45, 7) is 3.98. The van der Waals surface area contributed by atoms with E-state index in [1.807, 2.05) is 38.1 Å². The predicted molar refractivity (Wildman–Crippen MR) is 120 cm³/mol. The maximum Gasteiger partial charge on any atom is 0.244 e. The van der Waals surface area contributed by atoms with Crippen LogP contribution in [0.2, 0.25) is 0 Å². The molecule has 0 radical (unpaired) electrons. The zero-order valence-electron chi connectivity index (χ0n) is 18.2. The van der Waals surface area contributed by atoms with E-state index in [0.717, 1.165) is 22.7 Å². The van der Waals surface area contributed by atoms with Crippen LogP contribution in [0.4, 0.5) is 4.39 Å². The highest BCUT2D eigenvalue weighted by atomic mass is 19.1. The Morgan fingerprint density at radius 3 is 2.78 bits per heavy atom. The van der Waals surface area contributed by atoms with E-state index < -0.39 is 0 Å². The average Bonchev–Trinajstić information content (AvgIpc) is 3.24. The van der Waals surface area contributed by atoms with Crippen LogP contribution in [0, 0.1) is 19.7 Å². The van der Waals surface area contributed by atoms with Crippen molar-refractivity contribution in [1.82, 2.24) is 15.3 Å². The van der Waals surface area contributed by atoms with Crippen LogP contribution in [0.5, 0.6) is 11.5 Å². The lowest BCUT2D eigenvalue weighted by molar-refractivity contribution is -0.116. The van der Waals surface area contributed by atoms with Gasteiger partial charge >= 0.3 is 0 Å². The molecule has 1 atom stereocenters. The van der Waals surface area contributed by atoms with Crippen molar-refractivity contribution in [2.75, 3.05) is 13.7 Å². The van der Waals surface area contributed by atoms with Gasteiger partial charge in [0.2, 0.25) is 5.91 Å². The molecule has 0 saturated carbocycles. The largest absolute Gasteiger partial charge is 0.497 e. The van der Waals surface area contributed by atoms with Crippen molar-refractivity contribution in [3.63, 3.8) is 0 Å². The summed E-state index contributed by atoms with van der Waals surface area (Å²) in [5.74, 6) is 0.653. The number of fused-ring (bicyclic) bond motifs is 1. The number of rotatable bonds is 6. The van der Waals surface area contributed by atoms with Crippen molar-refractivity contribution in [2.45, 2.75) is 26.4 Å². The number of aryl methyl sites for hydroxylation is 2. The van der Waals surface area contributed by atoms with E-state index in [9.17, 15) is 9.18 Å². The highest BCUT2D eigenvalue weighted by Crippen LogP contribution is 2.40. The summed E-state index contributed by atoms with van der Waals surface area (Å²) in [5.41, 5.74) is 4.28. The molecule has 164 valence electrons. The molecule has 0 fully saturated rings. The first kappa shape index (κ1) is 21.5. The maximum atomic E-state index is 14.5. The Morgan fingerprint density at radius 1 is 1.25 bits per heavy atom. The Morgan fingerprint density at radius 2 is 2.03 bits per heavy atom. The fourth-order valence-corrected chi connectivity index (χ4v) is 3.62. The van der Waals surface area contributed by atoms with Gasteiger partial charge in [0, 0.05) is 29.8 Å². The molecule has 6 nitrogen and oxygen atoms in total. The standard InChI is InChI=1S/C25H24FN3O3/c1-15-13-27-16(2)24(29-15)20-9-10-22(26)21-12-19(32-25(20)21)14-28-23(30)11-6-17-4-7-18(31-3)8-5-17/h4-11,13,19H,12,14H2,1-3H3,(H,28,30)/b11-6+/t19-/m0/s1. The number of methoxy groups -OCH3 is 1. The molecule has 1 N–H and O–H groups in total. The molecule has 1 aromatic heterocycles. The van der Waals surface area contributed by atoms with Gasteiger partial charge in [0.1, 0.15) is 23.4 Å². The smallest absolute Gasteiger partial charge is 0.244 e. The van der Waals surface area contributed by atoms with Gasteiger partial charge in [-0.3, -0.25) is 9.78 Å². The van der Waals surface area contributed by atoms with E-state index in [0.29, 0.717) is 29.0 Å². The minimum absolute atomic E-state index is 0.249. The first-order chi connectivity index (χ1) is 15.4. The lowest BCUT2D eigenvalue weighted by atomic mass is 10.0. The van der Waals surface area contributed by atoms with Crippen LogP contribution >= 0.6 is 0 Å². The number of nitrogens with one attached hydrogen (secondary N) is 1. The third-order valence-corrected chi connectivity index (χ3v) is 5.30. The number of hydrogen-bond acceptors (Lipinski definition) is 5. The average molecular weight is 433 g/mol. The molecule has 0 unspecified atom stereocenters. The molecule has 0 saturated heterocycles. The summed E-state index contributed by atoms with van der Waals surface area (Å²) in [6.07, 6.45) is 4.88. The van der Waals surface area contributed by atoms with Gasteiger partial charge < -0.3 is 14.8 Å². The van der Waals surface area contributed by atoms with Crippen molar-refractivity contribution in [3.8, 4) is 22.8 Å². The van der Waals surface area contributed by atoms with E-state index in [-0.39, 0.29) is 24.4 Å². The first-order valence-corrected chi connectivity index (χ1v) is 10.3. The van der Waals surface area contributed by atoms with Crippen LogP contribution in [0.25, 0.3) is 17.3 Å². The molecule has 4 rings (SSSR count). The number of aromatic nitrogens is 2. The second kappa shape index (κ2) is 9.18. The summed E-state index contributed by atoms with van der Waals surface area (Å²) < 4.78 is 25.6. The Kier molecular flexibility index (Phi) is 6.16. The Labute approximate surface area is 186 Å². The molecule has 1 amide bonds. The zero-order chi connectivity index (χ0) is 22.7. The summed E-state index contributed by atoms with van der Waals surface area (Å²) in [4.78, 5) is 21.2. The molecule has 32 heavy (non-hydrogen) atoms. The van der Waals surface area contributed by atoms with Crippen molar-refractivity contribution in [3.05, 3.63) is 77.0 Å². The first-order valence-electron chi connectivity index (χ1n) is 10.3. The molecule has 2 heterocycles. The van der Waals surface area contributed by atoms with Gasteiger partial charge in [-0.05, 0) is 49.8 Å². The van der Waals surface area contributed by atoms with Crippen molar-refractivity contribution < 1.29 is 18.7 Å². The number of carbonyl (C=O) groups excluding carboxylic acids is 1. The van der Waals surface area contributed by atoms with Gasteiger partial charge in [0.15, 0.2) is 0 Å². The maximum absolute atomic E-state index is 14.5. The minimum Gasteiger partial charge on any atom is -0.497 e. The number of nitrogens with zero attached hydrogens (tertiary/aromatic N) is 2. The van der Waals surface area contributed by atoms with E-state index in [2.05, 4.69) is 15.3 Å². The Bertz CT molecular complexity index is 1180. The summed E-state index contributed by atoms with van der Waals surface area (Å²) in [6, 6.07) is 10.5. The van der Waals surface area contributed by atoms with Crippen molar-refractivity contribution >= 4 is 12.0 Å². The van der Waals surface area contributed by atoms with Crippen molar-refractivity contribution in [2.24, 2.45) is 0 Å². The molecule has 3 aromatic rings. The van der Waals surface area contributed by atoms with Gasteiger partial charge in [-0.2, -0.15) is 0 Å². The third kappa shape index (κ3) is 4.61. The molecule has 1 aliphatic heterocycles. The number of amides is 1. The van der Waals surface area contributed by atoms with Crippen LogP contribution in [0.1, 0.15) is 22.5 Å². The fraction of sp³-hybridized carbons (Fsp3) is 0.240. The van der Waals surface area contributed by atoms with Crippen molar-refractivity contribution in [1.29, 1.82) is 0 Å². The summed E-state index contributed by atoms with van der Waals surface area (Å²) in [5, 5.41) is 2.83. The second-order valence-corrected chi connectivity index (χ2v) is 7.64. The van der Waals surface area contributed by atoms with Gasteiger partial charge in [-0.1, -0.05) is 12.1 Å². The number of hydrogen-bond donors (Lipinski definition) is 1. The summed E-state index contributed by atoms with van der Waals surface area (Å²) in [7, 11) is 1.60. The molecular formula is C25H24FN3O3. The number of ether oxygens (including phenoxy) is 2. The topological polar surface area (TPSA) is 73.3 Å². The quantitative estimate of drug-likeness (QED) is 0.594. The highest BCUT2D eigenvalue weighted by molar-refractivity contribution is 5.91. The van der Waals surface area contributed by atoms with Gasteiger partial charge in [-0.15, -0.1) is 0 Å². The van der Waals surface area contributed by atoms with Gasteiger partial charge in [0.05, 0.1) is 30.7 Å². The summed E-state index contributed by atoms with van der Waals surface area (Å²) >= 11 is 0. The molecular weight excluding hydrogens is 409 g/mol. The lowest BCUT2D eigenvalue weighted by Crippen LogP contribution is -2.33. The SMILES string of the molecule is COc1ccc(/C=C/C(=O)NC[C@@H]2Cc3c(F)ccc(-c4nc(C)cnc4C)c3O2)cc1. The number of carbonyl (C=O) groups is 1. The fourth-order valence-electron chi connectivity index (χ4n) is 3.62. The van der Waals surface area contributed by atoms with E-state index in [1.54, 1.807) is 25.4 Å². The Hall–Kier alpha value is -3.74. The third-order valence-electron chi connectivity index (χ3n) is 5.30.